The van der Waals surface area contributed by atoms with E-state index in [1.807, 2.05) is 26.0 Å². The minimum absolute atomic E-state index is 0.0806. The van der Waals surface area contributed by atoms with E-state index in [4.69, 9.17) is 22.1 Å². The highest BCUT2D eigenvalue weighted by atomic mass is 35.5. The minimum atomic E-state index is -0.572. The molecule has 5 heteroatoms. The number of nitrogens with one attached hydrogen (secondary N) is 1. The quantitative estimate of drug-likeness (QED) is 0.841. The number of rotatable bonds is 6. The zero-order valence-electron chi connectivity index (χ0n) is 11.6. The zero-order valence-corrected chi connectivity index (χ0v) is 12.3. The summed E-state index contributed by atoms with van der Waals surface area (Å²) in [6.45, 7) is 6.07. The van der Waals surface area contributed by atoms with Gasteiger partial charge in [0.1, 0.15) is 5.75 Å². The third kappa shape index (κ3) is 5.09. The van der Waals surface area contributed by atoms with Crippen LogP contribution in [0.4, 0.5) is 0 Å². The summed E-state index contributed by atoms with van der Waals surface area (Å²) in [7, 11) is 0. The molecule has 0 bridgehead atoms. The van der Waals surface area contributed by atoms with Crippen LogP contribution in [0.1, 0.15) is 26.3 Å². The van der Waals surface area contributed by atoms with E-state index >= 15 is 0 Å². The van der Waals surface area contributed by atoms with Crippen LogP contribution in [-0.2, 0) is 11.2 Å². The van der Waals surface area contributed by atoms with Crippen LogP contribution >= 0.6 is 11.6 Å². The topological polar surface area (TPSA) is 64.3 Å². The highest BCUT2D eigenvalue weighted by molar-refractivity contribution is 6.32. The number of benzene rings is 1. The second-order valence-corrected chi connectivity index (χ2v) is 5.01. The van der Waals surface area contributed by atoms with Crippen LogP contribution < -0.4 is 15.8 Å². The summed E-state index contributed by atoms with van der Waals surface area (Å²) < 4.78 is 5.54. The number of nitrogens with two attached hydrogens (primary N) is 1. The average Bonchev–Trinajstić information content (AvgIpc) is 2.32. The lowest BCUT2D eigenvalue weighted by Crippen LogP contribution is -2.36. The van der Waals surface area contributed by atoms with Crippen molar-refractivity contribution in [1.29, 1.82) is 0 Å². The summed E-state index contributed by atoms with van der Waals surface area (Å²) in [6.07, 6.45) is 0.183. The molecule has 1 aromatic carbocycles. The normalized spacial score (nSPS) is 13.7. The smallest absolute Gasteiger partial charge is 0.260 e. The van der Waals surface area contributed by atoms with Gasteiger partial charge in [-0.25, -0.2) is 0 Å². The van der Waals surface area contributed by atoms with E-state index in [0.29, 0.717) is 17.3 Å². The van der Waals surface area contributed by atoms with Crippen LogP contribution in [0.15, 0.2) is 18.2 Å². The van der Waals surface area contributed by atoms with E-state index in [0.717, 1.165) is 12.0 Å². The van der Waals surface area contributed by atoms with Crippen LogP contribution in [0.5, 0.6) is 5.75 Å². The van der Waals surface area contributed by atoms with Crippen LogP contribution in [0.3, 0.4) is 0 Å². The van der Waals surface area contributed by atoms with Gasteiger partial charge in [0, 0.05) is 12.6 Å². The molecule has 2 unspecified atom stereocenters. The molecule has 0 saturated heterocycles. The first-order valence-electron chi connectivity index (χ1n) is 6.42. The van der Waals surface area contributed by atoms with Gasteiger partial charge in [0.2, 0.25) is 0 Å². The number of carbonyl (C=O) groups is 1. The van der Waals surface area contributed by atoms with Crippen molar-refractivity contribution in [3.63, 3.8) is 0 Å². The first-order valence-corrected chi connectivity index (χ1v) is 6.80. The molecule has 0 spiro atoms. The molecule has 0 aromatic heterocycles. The third-order valence-electron chi connectivity index (χ3n) is 2.58. The van der Waals surface area contributed by atoms with Crippen molar-refractivity contribution in [2.75, 3.05) is 6.54 Å². The number of amides is 1. The van der Waals surface area contributed by atoms with Crippen LogP contribution in [0, 0.1) is 0 Å². The Kier molecular flexibility index (Phi) is 6.12. The van der Waals surface area contributed by atoms with Gasteiger partial charge in [0.25, 0.3) is 5.91 Å². The van der Waals surface area contributed by atoms with Crippen molar-refractivity contribution < 1.29 is 9.53 Å². The van der Waals surface area contributed by atoms with Crippen LogP contribution in [0.25, 0.3) is 0 Å². The average molecular weight is 285 g/mol. The Hall–Kier alpha value is -1.26. The van der Waals surface area contributed by atoms with Crippen molar-refractivity contribution in [1.82, 2.24) is 5.32 Å². The molecule has 0 aliphatic rings. The van der Waals surface area contributed by atoms with Crippen molar-refractivity contribution in [3.8, 4) is 5.75 Å². The van der Waals surface area contributed by atoms with Gasteiger partial charge in [0.05, 0.1) is 5.02 Å². The molecule has 0 saturated carbocycles. The number of likely N-dealkylation sites (N-methyl/N-ethyl adjacent to an activating group) is 1. The van der Waals surface area contributed by atoms with Crippen molar-refractivity contribution in [2.45, 2.75) is 39.3 Å². The molecule has 4 nitrogen and oxygen atoms in total. The summed E-state index contributed by atoms with van der Waals surface area (Å²) in [5.74, 6) is 0.354. The first-order chi connectivity index (χ1) is 8.93. The number of hydrogen-bond acceptors (Lipinski definition) is 3. The largest absolute Gasteiger partial charge is 0.479 e. The fourth-order valence-corrected chi connectivity index (χ4v) is 1.95. The van der Waals surface area contributed by atoms with Crippen LogP contribution in [-0.4, -0.2) is 24.6 Å². The molecule has 0 aliphatic heterocycles. The predicted octanol–water partition coefficient (Wildman–Crippen LogP) is 2.13. The first kappa shape index (κ1) is 15.8. The van der Waals surface area contributed by atoms with Gasteiger partial charge in [-0.2, -0.15) is 0 Å². The van der Waals surface area contributed by atoms with Gasteiger partial charge in [-0.05, 0) is 44.9 Å². The Morgan fingerprint density at radius 3 is 2.68 bits per heavy atom. The van der Waals surface area contributed by atoms with Gasteiger partial charge < -0.3 is 15.8 Å². The highest BCUT2D eigenvalue weighted by Gasteiger charge is 2.15. The Morgan fingerprint density at radius 1 is 1.47 bits per heavy atom. The van der Waals surface area contributed by atoms with E-state index in [9.17, 15) is 4.79 Å². The molecule has 106 valence electrons. The van der Waals surface area contributed by atoms with E-state index in [1.165, 1.54) is 0 Å². The van der Waals surface area contributed by atoms with Crippen molar-refractivity contribution in [2.24, 2.45) is 5.73 Å². The van der Waals surface area contributed by atoms with Crippen molar-refractivity contribution >= 4 is 17.5 Å². The van der Waals surface area contributed by atoms with Gasteiger partial charge in [-0.1, -0.05) is 17.7 Å². The van der Waals surface area contributed by atoms with Gasteiger partial charge in [0.15, 0.2) is 6.10 Å². The fourth-order valence-electron chi connectivity index (χ4n) is 1.70. The molecular formula is C14H21ClN2O2. The number of halogens is 1. The molecular weight excluding hydrogens is 264 g/mol. The maximum atomic E-state index is 11.6. The Morgan fingerprint density at radius 2 is 2.16 bits per heavy atom. The summed E-state index contributed by atoms with van der Waals surface area (Å²) >= 11 is 6.14. The molecule has 0 aliphatic carbocycles. The molecule has 2 atom stereocenters. The maximum absolute atomic E-state index is 11.6. The zero-order chi connectivity index (χ0) is 14.4. The Balaban J connectivity index is 2.71. The molecule has 0 fully saturated rings. The minimum Gasteiger partial charge on any atom is -0.479 e. The van der Waals surface area contributed by atoms with Crippen molar-refractivity contribution in [3.05, 3.63) is 28.8 Å². The van der Waals surface area contributed by atoms with Crippen LogP contribution in [0.2, 0.25) is 5.02 Å². The summed E-state index contributed by atoms with van der Waals surface area (Å²) in [4.78, 5) is 11.6. The third-order valence-corrected chi connectivity index (χ3v) is 2.87. The second kappa shape index (κ2) is 7.36. The Bertz CT molecular complexity index is 435. The summed E-state index contributed by atoms with van der Waals surface area (Å²) in [6, 6.07) is 5.59. The molecule has 1 rings (SSSR count). The van der Waals surface area contributed by atoms with E-state index < -0.39 is 6.10 Å². The summed E-state index contributed by atoms with van der Waals surface area (Å²) in [5, 5.41) is 3.19. The van der Waals surface area contributed by atoms with Gasteiger partial charge in [-0.3, -0.25) is 4.79 Å². The number of ether oxygens (including phenoxy) is 1. The predicted molar refractivity (Wildman–Crippen MR) is 77.6 cm³/mol. The second-order valence-electron chi connectivity index (χ2n) is 4.60. The molecule has 0 heterocycles. The summed E-state index contributed by atoms with van der Waals surface area (Å²) in [5.41, 5.74) is 6.79. The van der Waals surface area contributed by atoms with Gasteiger partial charge >= 0.3 is 0 Å². The van der Waals surface area contributed by atoms with E-state index in [1.54, 1.807) is 13.0 Å². The van der Waals surface area contributed by atoms with E-state index in [2.05, 4.69) is 5.32 Å². The molecule has 1 amide bonds. The lowest BCUT2D eigenvalue weighted by molar-refractivity contribution is -0.127. The molecule has 1 aromatic rings. The lowest BCUT2D eigenvalue weighted by Gasteiger charge is -2.16. The Labute approximate surface area is 119 Å². The molecule has 0 radical (unpaired) electrons. The highest BCUT2D eigenvalue weighted by Crippen LogP contribution is 2.26. The maximum Gasteiger partial charge on any atom is 0.260 e. The van der Waals surface area contributed by atoms with E-state index in [-0.39, 0.29) is 11.9 Å². The lowest BCUT2D eigenvalue weighted by atomic mass is 10.1. The number of hydrogen-bond donors (Lipinski definition) is 2. The molecule has 3 N–H and O–H groups in total. The molecule has 19 heavy (non-hydrogen) atoms. The monoisotopic (exact) mass is 284 g/mol. The number of carbonyl (C=O) groups excluding carboxylic acids is 1. The van der Waals surface area contributed by atoms with Gasteiger partial charge in [-0.15, -0.1) is 0 Å². The fraction of sp³-hybridized carbons (Fsp3) is 0.500. The standard InChI is InChI=1S/C14H21ClN2O2/c1-4-17-14(18)10(3)19-13-6-5-11(7-9(2)16)8-12(13)15/h5-6,8-10H,4,7,16H2,1-3H3,(H,17,18). The SMILES string of the molecule is CCNC(=O)C(C)Oc1ccc(CC(C)N)cc1Cl.